The van der Waals surface area contributed by atoms with E-state index in [2.05, 4.69) is 265 Å². The van der Waals surface area contributed by atoms with Crippen LogP contribution in [0.15, 0.2) is 200 Å². The third-order valence-electron chi connectivity index (χ3n) is 18.7. The zero-order valence-corrected chi connectivity index (χ0v) is 44.8. The molecule has 2 heteroatoms. The Kier molecular flexibility index (Phi) is 9.25. The summed E-state index contributed by atoms with van der Waals surface area (Å²) in [4.78, 5) is 5.19. The topological polar surface area (TPSA) is 6.48 Å². The van der Waals surface area contributed by atoms with Gasteiger partial charge in [0.25, 0.3) is 0 Å². The summed E-state index contributed by atoms with van der Waals surface area (Å²) in [5, 5.41) is 4.75. The summed E-state index contributed by atoms with van der Waals surface area (Å²) in [5.41, 5.74) is 27.8. The van der Waals surface area contributed by atoms with E-state index in [4.69, 9.17) is 0 Å². The third kappa shape index (κ3) is 6.00. The normalized spacial score (nSPS) is 16.8. The number of anilines is 6. The van der Waals surface area contributed by atoms with Crippen molar-refractivity contribution in [2.45, 2.75) is 89.9 Å². The molecule has 76 heavy (non-hydrogen) atoms. The van der Waals surface area contributed by atoms with Crippen LogP contribution in [-0.2, 0) is 21.7 Å². The van der Waals surface area contributed by atoms with Gasteiger partial charge in [0.2, 0.25) is 0 Å². The predicted molar refractivity (Wildman–Crippen MR) is 320 cm³/mol. The van der Waals surface area contributed by atoms with Gasteiger partial charge in [-0.1, -0.05) is 201 Å². The fourth-order valence-electron chi connectivity index (χ4n) is 14.8. The first-order valence-electron chi connectivity index (χ1n) is 27.4. The Morgan fingerprint density at radius 1 is 0.368 bits per heavy atom. The summed E-state index contributed by atoms with van der Waals surface area (Å²) < 4.78 is 0. The van der Waals surface area contributed by atoms with Gasteiger partial charge in [0.05, 0.1) is 11.4 Å². The first kappa shape index (κ1) is 45.0. The van der Waals surface area contributed by atoms with Gasteiger partial charge in [-0.15, -0.1) is 0 Å². The van der Waals surface area contributed by atoms with E-state index in [0.29, 0.717) is 0 Å². The molecule has 366 valence electrons. The SMILES string of the molecule is CC1(C)C2=C(CCC=C2)c2ccc(N(c3ccc4c(c3)-c3ccc#cc3C4(C)C)c3c4ccccc4c(N(c4ccc5c(c4)C(C)(C)c4ccccc4-5)c4ccc5c(c4)C(C)(C)c4ccccc4-5)c4ccccc34)cc21. The zero-order chi connectivity index (χ0) is 51.6. The van der Waals surface area contributed by atoms with Crippen LogP contribution in [-0.4, -0.2) is 0 Å². The summed E-state index contributed by atoms with van der Waals surface area (Å²) in [6.45, 7) is 19.1. The number of allylic oxidation sites excluding steroid dienone is 4. The number of fused-ring (bicyclic) bond motifs is 13. The van der Waals surface area contributed by atoms with Crippen molar-refractivity contribution >= 4 is 61.2 Å². The first-order valence-corrected chi connectivity index (χ1v) is 27.4. The molecule has 0 radical (unpaired) electrons. The number of benzene rings is 9. The maximum absolute atomic E-state index is 3.54. The van der Waals surface area contributed by atoms with Crippen molar-refractivity contribution in [2.75, 3.05) is 9.80 Å². The molecule has 0 amide bonds. The summed E-state index contributed by atoms with van der Waals surface area (Å²) >= 11 is 0. The smallest absolute Gasteiger partial charge is 0.0619 e. The van der Waals surface area contributed by atoms with E-state index in [-0.39, 0.29) is 21.7 Å². The molecule has 2 nitrogen and oxygen atoms in total. The van der Waals surface area contributed by atoms with Crippen LogP contribution in [0.1, 0.15) is 113 Å². The zero-order valence-electron chi connectivity index (χ0n) is 44.8. The van der Waals surface area contributed by atoms with E-state index in [9.17, 15) is 0 Å². The average Bonchev–Trinajstić information content (AvgIpc) is 4.08. The first-order chi connectivity index (χ1) is 36.7. The molecule has 0 N–H and O–H groups in total. The Morgan fingerprint density at radius 2 is 0.803 bits per heavy atom. The molecule has 0 heterocycles. The van der Waals surface area contributed by atoms with Crippen LogP contribution in [0.5, 0.6) is 0 Å². The Bertz CT molecular complexity index is 4080. The maximum atomic E-state index is 3.54. The van der Waals surface area contributed by atoms with Gasteiger partial charge in [-0.2, -0.15) is 0 Å². The molecule has 0 aliphatic heterocycles. The molecular weight excluding hydrogens is 917 g/mol. The summed E-state index contributed by atoms with van der Waals surface area (Å²) in [5.74, 6) is 0. The molecular formula is C74H60N2. The Balaban J connectivity index is 1.01. The molecule has 0 bridgehead atoms. The van der Waals surface area contributed by atoms with Gasteiger partial charge in [0.1, 0.15) is 0 Å². The van der Waals surface area contributed by atoms with Gasteiger partial charge in [0.15, 0.2) is 0 Å². The van der Waals surface area contributed by atoms with Crippen molar-refractivity contribution in [3.63, 3.8) is 0 Å². The quantitative estimate of drug-likeness (QED) is 0.121. The van der Waals surface area contributed by atoms with Gasteiger partial charge in [-0.05, 0) is 157 Å². The van der Waals surface area contributed by atoms with Crippen LogP contribution in [0.3, 0.4) is 0 Å². The second-order valence-corrected chi connectivity index (χ2v) is 24.2. The lowest BCUT2D eigenvalue weighted by Gasteiger charge is -2.34. The summed E-state index contributed by atoms with van der Waals surface area (Å²) in [6, 6.07) is 76.6. The third-order valence-corrected chi connectivity index (χ3v) is 18.7. The molecule has 0 unspecified atom stereocenters. The summed E-state index contributed by atoms with van der Waals surface area (Å²) in [7, 11) is 0. The van der Waals surface area contributed by atoms with Crippen LogP contribution in [0, 0.1) is 12.1 Å². The number of rotatable bonds is 6. The van der Waals surface area contributed by atoms with Crippen molar-refractivity contribution in [2.24, 2.45) is 0 Å². The van der Waals surface area contributed by atoms with Gasteiger partial charge in [-0.25, -0.2) is 0 Å². The predicted octanol–water partition coefficient (Wildman–Crippen LogP) is 19.8. The Morgan fingerprint density at radius 3 is 1.34 bits per heavy atom. The number of nitrogens with zero attached hydrogens (tertiary/aromatic N) is 2. The minimum absolute atomic E-state index is 0.136. The summed E-state index contributed by atoms with van der Waals surface area (Å²) in [6.07, 6.45) is 6.93. The van der Waals surface area contributed by atoms with Crippen molar-refractivity contribution in [3.05, 3.63) is 256 Å². The van der Waals surface area contributed by atoms with E-state index in [1.807, 2.05) is 6.07 Å². The molecule has 5 aliphatic rings. The Labute approximate surface area is 448 Å². The fraction of sp³-hybridized carbons (Fsp3) is 0.189. The molecule has 0 aromatic heterocycles. The molecule has 5 aliphatic carbocycles. The van der Waals surface area contributed by atoms with Crippen LogP contribution in [0.25, 0.3) is 60.5 Å². The second kappa shape index (κ2) is 15.6. The molecule has 0 fully saturated rings. The highest BCUT2D eigenvalue weighted by Gasteiger charge is 2.41. The minimum atomic E-state index is -0.197. The molecule has 0 saturated carbocycles. The molecule has 0 atom stereocenters. The minimum Gasteiger partial charge on any atom is -0.309 e. The van der Waals surface area contributed by atoms with Crippen molar-refractivity contribution < 1.29 is 0 Å². The van der Waals surface area contributed by atoms with E-state index in [0.717, 1.165) is 35.6 Å². The van der Waals surface area contributed by atoms with Crippen LogP contribution >= 0.6 is 0 Å². The van der Waals surface area contributed by atoms with E-state index in [1.54, 1.807) is 0 Å². The average molecular weight is 977 g/mol. The Hall–Kier alpha value is -8.38. The molecule has 15 rings (SSSR count). The van der Waals surface area contributed by atoms with Crippen LogP contribution < -0.4 is 9.80 Å². The second-order valence-electron chi connectivity index (χ2n) is 24.2. The lowest BCUT2D eigenvalue weighted by Crippen LogP contribution is -2.19. The van der Waals surface area contributed by atoms with Gasteiger partial charge < -0.3 is 9.80 Å². The van der Waals surface area contributed by atoms with Crippen LogP contribution in [0.2, 0.25) is 0 Å². The van der Waals surface area contributed by atoms with Crippen molar-refractivity contribution in [1.29, 1.82) is 0 Å². The number of hydrogen-bond donors (Lipinski definition) is 0. The van der Waals surface area contributed by atoms with Crippen molar-refractivity contribution in [3.8, 4) is 33.4 Å². The van der Waals surface area contributed by atoms with Gasteiger partial charge >= 0.3 is 0 Å². The highest BCUT2D eigenvalue weighted by molar-refractivity contribution is 6.23. The highest BCUT2D eigenvalue weighted by atomic mass is 15.2. The molecule has 0 spiro atoms. The molecule has 0 saturated heterocycles. The van der Waals surface area contributed by atoms with Crippen molar-refractivity contribution in [1.82, 2.24) is 0 Å². The number of hydrogen-bond acceptors (Lipinski definition) is 2. The monoisotopic (exact) mass is 976 g/mol. The molecule has 10 aromatic carbocycles. The fourth-order valence-corrected chi connectivity index (χ4v) is 14.8. The largest absolute Gasteiger partial charge is 0.309 e. The van der Waals surface area contributed by atoms with E-state index in [1.165, 1.54) is 122 Å². The molecule has 10 aromatic rings. The lowest BCUT2D eigenvalue weighted by molar-refractivity contribution is 0.651. The highest BCUT2D eigenvalue weighted by Crippen LogP contribution is 2.59. The van der Waals surface area contributed by atoms with E-state index >= 15 is 0 Å². The maximum Gasteiger partial charge on any atom is 0.0619 e. The van der Waals surface area contributed by atoms with Gasteiger partial charge in [0, 0.05) is 71.5 Å². The van der Waals surface area contributed by atoms with Gasteiger partial charge in [-0.3, -0.25) is 0 Å². The van der Waals surface area contributed by atoms with Crippen LogP contribution in [0.4, 0.5) is 34.1 Å². The van der Waals surface area contributed by atoms with E-state index < -0.39 is 0 Å². The standard InChI is InChI=1S/C74H60N2/c1-71(2)64-32-20-16-24-52(64)60-41-45(36-40-65(60)71)75(46-33-37-53-49-21-13-17-29-61(49)72(3,4)66(53)42-46)69-56-25-9-11-27-58(56)70(59-28-12-10-26-57(59)69)76(47-34-38-54-50-22-14-18-30-62(50)73(5,6)67(54)43-47)48-35-39-55-51-23-15-19-31-63(51)74(7,8)68(55)44-48/h9-12,14-19,22-31,33-44H,13,21H2,1-8H3. The lowest BCUT2D eigenvalue weighted by atomic mass is 9.80.